The van der Waals surface area contributed by atoms with Crippen molar-refractivity contribution in [2.45, 2.75) is 31.3 Å². The lowest BCUT2D eigenvalue weighted by Gasteiger charge is -2.48. The van der Waals surface area contributed by atoms with Crippen LogP contribution in [0.5, 0.6) is 5.75 Å². The molecule has 5 nitrogen and oxygen atoms in total. The molecule has 3 unspecified atom stereocenters. The van der Waals surface area contributed by atoms with Crippen molar-refractivity contribution >= 4 is 5.91 Å². The molecule has 0 radical (unpaired) electrons. The normalized spacial score (nSPS) is 27.0. The number of hydrogen-bond donors (Lipinski definition) is 1. The highest BCUT2D eigenvalue weighted by Gasteiger charge is 2.39. The summed E-state index contributed by atoms with van der Waals surface area (Å²) in [4.78, 5) is 15.0. The van der Waals surface area contributed by atoms with E-state index >= 15 is 0 Å². The summed E-state index contributed by atoms with van der Waals surface area (Å²) in [6.07, 6.45) is 3.58. The van der Waals surface area contributed by atoms with Crippen molar-refractivity contribution in [1.29, 1.82) is 0 Å². The quantitative estimate of drug-likeness (QED) is 0.814. The van der Waals surface area contributed by atoms with Crippen molar-refractivity contribution in [2.75, 3.05) is 33.9 Å². The lowest BCUT2D eigenvalue weighted by molar-refractivity contribution is 0.0377. The Morgan fingerprint density at radius 3 is 2.96 bits per heavy atom. The number of likely N-dealkylation sites (N-methyl/N-ethyl adjacent to an activating group) is 1. The second-order valence-corrected chi connectivity index (χ2v) is 6.64. The van der Waals surface area contributed by atoms with Gasteiger partial charge in [-0.2, -0.15) is 0 Å². The van der Waals surface area contributed by atoms with E-state index in [1.165, 1.54) is 19.4 Å². The van der Waals surface area contributed by atoms with Crippen LogP contribution < -0.4 is 10.1 Å². The van der Waals surface area contributed by atoms with Gasteiger partial charge < -0.3 is 19.7 Å². The fourth-order valence-corrected chi connectivity index (χ4v) is 3.85. The molecule has 0 spiro atoms. The summed E-state index contributed by atoms with van der Waals surface area (Å²) in [5, 5.41) is 3.23. The van der Waals surface area contributed by atoms with Gasteiger partial charge in [0.05, 0.1) is 6.61 Å². The molecule has 2 saturated heterocycles. The maximum absolute atomic E-state index is 12.6. The Hall–Kier alpha value is -1.59. The zero-order chi connectivity index (χ0) is 16.2. The molecule has 1 aliphatic carbocycles. The number of nitrogens with one attached hydrogen (secondary N) is 1. The molecule has 1 N–H and O–H groups in total. The summed E-state index contributed by atoms with van der Waals surface area (Å²) in [7, 11) is 3.81. The van der Waals surface area contributed by atoms with E-state index in [4.69, 9.17) is 9.47 Å². The van der Waals surface area contributed by atoms with Crippen LogP contribution >= 0.6 is 0 Å². The third-order valence-corrected chi connectivity index (χ3v) is 5.00. The Labute approximate surface area is 137 Å². The molecule has 2 heterocycles. The molecule has 1 aromatic carbocycles. The average Bonchev–Trinajstić information content (AvgIpc) is 2.55. The Morgan fingerprint density at radius 1 is 1.35 bits per heavy atom. The van der Waals surface area contributed by atoms with Crippen molar-refractivity contribution in [3.8, 4) is 5.75 Å². The number of carbonyl (C=O) groups excluding carboxylic acids is 1. The number of hydrogen-bond acceptors (Lipinski definition) is 4. The number of fused-ring (bicyclic) bond motifs is 3. The van der Waals surface area contributed by atoms with E-state index < -0.39 is 0 Å². The topological polar surface area (TPSA) is 50.8 Å². The predicted octanol–water partition coefficient (Wildman–Crippen LogP) is 1.92. The van der Waals surface area contributed by atoms with Crippen molar-refractivity contribution in [3.05, 3.63) is 29.8 Å². The van der Waals surface area contributed by atoms with Gasteiger partial charge in [-0.3, -0.25) is 4.79 Å². The van der Waals surface area contributed by atoms with Crippen LogP contribution in [0, 0.1) is 5.92 Å². The largest absolute Gasteiger partial charge is 0.491 e. The first kappa shape index (κ1) is 16.3. The van der Waals surface area contributed by atoms with Crippen LogP contribution in [-0.2, 0) is 4.74 Å². The van der Waals surface area contributed by atoms with Crippen molar-refractivity contribution in [1.82, 2.24) is 10.2 Å². The fourth-order valence-electron chi connectivity index (χ4n) is 3.85. The Balaban J connectivity index is 1.61. The minimum absolute atomic E-state index is 0.00635. The summed E-state index contributed by atoms with van der Waals surface area (Å²) >= 11 is 0. The van der Waals surface area contributed by atoms with Crippen LogP contribution in [0.4, 0.5) is 0 Å². The van der Waals surface area contributed by atoms with Crippen LogP contribution in [0.3, 0.4) is 0 Å². The number of benzene rings is 1. The van der Waals surface area contributed by atoms with Crippen LogP contribution in [0.15, 0.2) is 24.3 Å². The van der Waals surface area contributed by atoms with E-state index in [-0.39, 0.29) is 11.9 Å². The highest BCUT2D eigenvalue weighted by Crippen LogP contribution is 2.34. The molecule has 1 aromatic rings. The van der Waals surface area contributed by atoms with Crippen molar-refractivity contribution in [2.24, 2.45) is 5.92 Å². The van der Waals surface area contributed by atoms with Gasteiger partial charge in [0.1, 0.15) is 12.4 Å². The number of nitrogens with zero attached hydrogens (tertiary/aromatic N) is 1. The molecule has 3 fully saturated rings. The smallest absolute Gasteiger partial charge is 0.251 e. The third-order valence-electron chi connectivity index (χ3n) is 5.00. The lowest BCUT2D eigenvalue weighted by Crippen LogP contribution is -2.59. The molecule has 126 valence electrons. The van der Waals surface area contributed by atoms with Crippen LogP contribution in [0.25, 0.3) is 0 Å². The van der Waals surface area contributed by atoms with Gasteiger partial charge in [0, 0.05) is 31.3 Å². The number of rotatable bonds is 6. The second-order valence-electron chi connectivity index (χ2n) is 6.64. The van der Waals surface area contributed by atoms with E-state index in [2.05, 4.69) is 17.3 Å². The second kappa shape index (κ2) is 7.32. The molecule has 3 aliphatic rings. The maximum Gasteiger partial charge on any atom is 0.251 e. The van der Waals surface area contributed by atoms with Gasteiger partial charge in [-0.1, -0.05) is 6.07 Å². The highest BCUT2D eigenvalue weighted by atomic mass is 16.5. The fraction of sp³-hybridized carbons (Fsp3) is 0.611. The van der Waals surface area contributed by atoms with Crippen LogP contribution in [0.1, 0.15) is 29.6 Å². The first-order valence-electron chi connectivity index (χ1n) is 8.40. The Kier molecular flexibility index (Phi) is 5.18. The number of carbonyl (C=O) groups is 1. The zero-order valence-corrected chi connectivity index (χ0v) is 14.0. The maximum atomic E-state index is 12.6. The summed E-state index contributed by atoms with van der Waals surface area (Å²) in [5.41, 5.74) is 0.656. The minimum Gasteiger partial charge on any atom is -0.491 e. The number of amides is 1. The Morgan fingerprint density at radius 2 is 2.22 bits per heavy atom. The first-order valence-corrected chi connectivity index (χ1v) is 8.40. The minimum atomic E-state index is -0.00635. The monoisotopic (exact) mass is 318 g/mol. The van der Waals surface area contributed by atoms with Gasteiger partial charge in [0.2, 0.25) is 0 Å². The van der Waals surface area contributed by atoms with Crippen LogP contribution in [0.2, 0.25) is 0 Å². The van der Waals surface area contributed by atoms with E-state index in [0.29, 0.717) is 30.6 Å². The summed E-state index contributed by atoms with van der Waals surface area (Å²) in [5.74, 6) is 1.42. The Bertz CT molecular complexity index is 549. The molecular weight excluding hydrogens is 292 g/mol. The molecule has 5 heteroatoms. The number of ether oxygens (including phenoxy) is 2. The molecule has 1 amide bonds. The van der Waals surface area contributed by atoms with Crippen molar-refractivity contribution in [3.63, 3.8) is 0 Å². The van der Waals surface area contributed by atoms with Gasteiger partial charge in [-0.05, 0) is 50.4 Å². The number of methoxy groups -OCH3 is 1. The molecule has 4 rings (SSSR count). The van der Waals surface area contributed by atoms with E-state index in [1.54, 1.807) is 13.2 Å². The molecule has 3 atom stereocenters. The summed E-state index contributed by atoms with van der Waals surface area (Å²) in [6.45, 7) is 2.19. The van der Waals surface area contributed by atoms with Gasteiger partial charge in [-0.25, -0.2) is 0 Å². The van der Waals surface area contributed by atoms with E-state index in [9.17, 15) is 4.79 Å². The van der Waals surface area contributed by atoms with E-state index in [0.717, 1.165) is 12.3 Å². The first-order chi connectivity index (χ1) is 11.2. The van der Waals surface area contributed by atoms with Gasteiger partial charge in [-0.15, -0.1) is 0 Å². The van der Waals surface area contributed by atoms with Crippen molar-refractivity contribution < 1.29 is 14.3 Å². The summed E-state index contributed by atoms with van der Waals surface area (Å²) < 4.78 is 10.6. The zero-order valence-electron chi connectivity index (χ0n) is 14.0. The predicted molar refractivity (Wildman–Crippen MR) is 88.8 cm³/mol. The lowest BCUT2D eigenvalue weighted by atomic mass is 9.77. The number of piperidine rings is 2. The molecule has 1 saturated carbocycles. The van der Waals surface area contributed by atoms with Gasteiger partial charge in [0.25, 0.3) is 5.91 Å². The highest BCUT2D eigenvalue weighted by molar-refractivity contribution is 5.94. The third kappa shape index (κ3) is 3.85. The van der Waals surface area contributed by atoms with E-state index in [1.807, 2.05) is 18.2 Å². The molecule has 2 aliphatic heterocycles. The van der Waals surface area contributed by atoms with Gasteiger partial charge in [0.15, 0.2) is 0 Å². The molecule has 0 aromatic heterocycles. The van der Waals surface area contributed by atoms with Crippen LogP contribution in [-0.4, -0.2) is 56.8 Å². The SMILES string of the molecule is COCCOc1cccc(C(=O)NC2CC3CCC2N(C)C3)c1. The molecular formula is C18H26N2O3. The average molecular weight is 318 g/mol. The van der Waals surface area contributed by atoms with Gasteiger partial charge >= 0.3 is 0 Å². The molecule has 2 bridgehead atoms. The summed E-state index contributed by atoms with van der Waals surface area (Å²) in [6, 6.07) is 8.10. The molecule has 23 heavy (non-hydrogen) atoms. The standard InChI is InChI=1S/C18H26N2O3/c1-20-12-13-6-7-17(20)16(10-13)19-18(21)14-4-3-5-15(11-14)23-9-8-22-2/h3-5,11,13,16-17H,6-10,12H2,1-2H3,(H,19,21).